The van der Waals surface area contributed by atoms with Crippen LogP contribution in [0.4, 0.5) is 6.01 Å². The molecule has 1 aliphatic rings. The third kappa shape index (κ3) is 2.79. The molecular formula is C17H13N3O4. The fourth-order valence-electron chi connectivity index (χ4n) is 2.32. The topological polar surface area (TPSA) is 86.5 Å². The fraction of sp³-hybridized carbons (Fsp3) is 0.118. The highest BCUT2D eigenvalue weighted by molar-refractivity contribution is 6.03. The normalized spacial score (nSPS) is 15.8. The lowest BCUT2D eigenvalue weighted by atomic mass is 10.2. The molecule has 0 saturated heterocycles. The zero-order valence-electron chi connectivity index (χ0n) is 12.5. The minimum absolute atomic E-state index is 0.0151. The third-order valence-corrected chi connectivity index (χ3v) is 3.48. The number of amides is 1. The minimum Gasteiger partial charge on any atom is -0.485 e. The summed E-state index contributed by atoms with van der Waals surface area (Å²) in [6.07, 6.45) is -0.519. The van der Waals surface area contributed by atoms with E-state index in [1.165, 1.54) is 0 Å². The molecule has 3 aromatic rings. The van der Waals surface area contributed by atoms with E-state index >= 15 is 0 Å². The highest BCUT2D eigenvalue weighted by Crippen LogP contribution is 2.35. The van der Waals surface area contributed by atoms with Crippen LogP contribution in [0.3, 0.4) is 0 Å². The summed E-state index contributed by atoms with van der Waals surface area (Å²) >= 11 is 0. The van der Waals surface area contributed by atoms with Crippen LogP contribution in [0.1, 0.15) is 22.4 Å². The number of benzene rings is 2. The van der Waals surface area contributed by atoms with E-state index in [2.05, 4.69) is 15.5 Å². The quantitative estimate of drug-likeness (QED) is 0.797. The summed E-state index contributed by atoms with van der Waals surface area (Å²) in [5.41, 5.74) is 0.503. The van der Waals surface area contributed by atoms with E-state index in [9.17, 15) is 4.79 Å². The lowest BCUT2D eigenvalue weighted by Crippen LogP contribution is -2.21. The summed E-state index contributed by atoms with van der Waals surface area (Å²) in [5.74, 6) is 1.21. The highest BCUT2D eigenvalue weighted by atomic mass is 16.6. The first-order valence-corrected chi connectivity index (χ1v) is 7.38. The van der Waals surface area contributed by atoms with Gasteiger partial charge in [-0.1, -0.05) is 35.4 Å². The van der Waals surface area contributed by atoms with Gasteiger partial charge < -0.3 is 13.9 Å². The minimum atomic E-state index is -0.519. The molecule has 120 valence electrons. The Balaban J connectivity index is 1.47. The summed E-state index contributed by atoms with van der Waals surface area (Å²) in [7, 11) is 0. The molecule has 7 heteroatoms. The van der Waals surface area contributed by atoms with E-state index < -0.39 is 6.10 Å². The van der Waals surface area contributed by atoms with Crippen molar-refractivity contribution >= 4 is 11.9 Å². The molecule has 0 aliphatic carbocycles. The summed E-state index contributed by atoms with van der Waals surface area (Å²) < 4.78 is 16.9. The standard InChI is InChI=1S/C17H13N3O4/c21-15(11-6-2-1-3-7-11)18-17-20-19-16(24-17)14-10-22-12-8-4-5-9-13(12)23-14/h1-9,14H,10H2,(H,18,20,21). The van der Waals surface area contributed by atoms with Gasteiger partial charge in [0.15, 0.2) is 11.5 Å². The number of rotatable bonds is 3. The second-order valence-electron chi connectivity index (χ2n) is 5.13. The Hall–Kier alpha value is -3.35. The van der Waals surface area contributed by atoms with Crippen LogP contribution < -0.4 is 14.8 Å². The van der Waals surface area contributed by atoms with Gasteiger partial charge in [-0.3, -0.25) is 10.1 Å². The Kier molecular flexibility index (Phi) is 3.59. The molecular weight excluding hydrogens is 310 g/mol. The van der Waals surface area contributed by atoms with Gasteiger partial charge in [-0.25, -0.2) is 0 Å². The van der Waals surface area contributed by atoms with Crippen molar-refractivity contribution < 1.29 is 18.7 Å². The van der Waals surface area contributed by atoms with Crippen LogP contribution >= 0.6 is 0 Å². The summed E-state index contributed by atoms with van der Waals surface area (Å²) in [5, 5.41) is 10.3. The van der Waals surface area contributed by atoms with Crippen LogP contribution in [0.25, 0.3) is 0 Å². The Morgan fingerprint density at radius 3 is 2.58 bits per heavy atom. The Bertz CT molecular complexity index is 863. The molecule has 1 unspecified atom stereocenters. The SMILES string of the molecule is O=C(Nc1nnc(C2COc3ccccc3O2)o1)c1ccccc1. The third-order valence-electron chi connectivity index (χ3n) is 3.48. The maximum absolute atomic E-state index is 12.1. The zero-order valence-corrected chi connectivity index (χ0v) is 12.5. The second-order valence-corrected chi connectivity index (χ2v) is 5.13. The van der Waals surface area contributed by atoms with E-state index in [1.807, 2.05) is 24.3 Å². The molecule has 0 saturated carbocycles. The van der Waals surface area contributed by atoms with E-state index in [0.717, 1.165) is 0 Å². The first kappa shape index (κ1) is 14.3. The van der Waals surface area contributed by atoms with Gasteiger partial charge in [-0.2, -0.15) is 0 Å². The molecule has 1 N–H and O–H groups in total. The highest BCUT2D eigenvalue weighted by Gasteiger charge is 2.27. The van der Waals surface area contributed by atoms with Crippen molar-refractivity contribution in [3.63, 3.8) is 0 Å². The molecule has 0 bridgehead atoms. The molecule has 0 fully saturated rings. The zero-order chi connectivity index (χ0) is 16.4. The number of nitrogens with one attached hydrogen (secondary N) is 1. The molecule has 0 radical (unpaired) electrons. The molecule has 0 spiro atoms. The molecule has 2 aromatic carbocycles. The molecule has 1 aliphatic heterocycles. The number of hydrogen-bond acceptors (Lipinski definition) is 6. The number of fused-ring (bicyclic) bond motifs is 1. The average Bonchev–Trinajstić information content (AvgIpc) is 3.10. The lowest BCUT2D eigenvalue weighted by molar-refractivity contribution is 0.0716. The molecule has 7 nitrogen and oxygen atoms in total. The average molecular weight is 323 g/mol. The van der Waals surface area contributed by atoms with E-state index in [0.29, 0.717) is 17.1 Å². The molecule has 1 amide bonds. The Morgan fingerprint density at radius 2 is 1.75 bits per heavy atom. The number of carbonyl (C=O) groups excluding carboxylic acids is 1. The number of aromatic nitrogens is 2. The van der Waals surface area contributed by atoms with E-state index in [4.69, 9.17) is 13.9 Å². The lowest BCUT2D eigenvalue weighted by Gasteiger charge is -2.23. The van der Waals surface area contributed by atoms with Gasteiger partial charge in [0.05, 0.1) is 0 Å². The summed E-state index contributed by atoms with van der Waals surface area (Å²) in [4.78, 5) is 12.1. The van der Waals surface area contributed by atoms with Crippen molar-refractivity contribution in [3.05, 3.63) is 66.1 Å². The smallest absolute Gasteiger partial charge is 0.322 e. The fourth-order valence-corrected chi connectivity index (χ4v) is 2.32. The first-order valence-electron chi connectivity index (χ1n) is 7.38. The predicted octanol–water partition coefficient (Wildman–Crippen LogP) is 2.83. The largest absolute Gasteiger partial charge is 0.485 e. The van der Waals surface area contributed by atoms with Gasteiger partial charge in [0.25, 0.3) is 11.8 Å². The van der Waals surface area contributed by atoms with Gasteiger partial charge >= 0.3 is 6.01 Å². The van der Waals surface area contributed by atoms with Crippen LogP contribution in [-0.4, -0.2) is 22.7 Å². The van der Waals surface area contributed by atoms with Crippen LogP contribution in [-0.2, 0) is 0 Å². The maximum atomic E-state index is 12.1. The van der Waals surface area contributed by atoms with Crippen molar-refractivity contribution in [3.8, 4) is 11.5 Å². The first-order chi connectivity index (χ1) is 11.8. The number of carbonyl (C=O) groups is 1. The van der Waals surface area contributed by atoms with Gasteiger partial charge in [-0.15, -0.1) is 5.10 Å². The number of ether oxygens (including phenoxy) is 2. The van der Waals surface area contributed by atoms with Crippen molar-refractivity contribution in [2.45, 2.75) is 6.10 Å². The number of para-hydroxylation sites is 2. The van der Waals surface area contributed by atoms with Crippen molar-refractivity contribution in [2.24, 2.45) is 0 Å². The predicted molar refractivity (Wildman–Crippen MR) is 84.0 cm³/mol. The van der Waals surface area contributed by atoms with Crippen LogP contribution in [0, 0.1) is 0 Å². The van der Waals surface area contributed by atoms with Crippen LogP contribution in [0.15, 0.2) is 59.0 Å². The monoisotopic (exact) mass is 323 g/mol. The Morgan fingerprint density at radius 1 is 1.00 bits per heavy atom. The van der Waals surface area contributed by atoms with Crippen molar-refractivity contribution in [1.82, 2.24) is 10.2 Å². The van der Waals surface area contributed by atoms with Gasteiger partial charge in [0, 0.05) is 5.56 Å². The molecule has 1 aromatic heterocycles. The van der Waals surface area contributed by atoms with Gasteiger partial charge in [-0.05, 0) is 24.3 Å². The van der Waals surface area contributed by atoms with Crippen molar-refractivity contribution in [2.75, 3.05) is 11.9 Å². The molecule has 1 atom stereocenters. The van der Waals surface area contributed by atoms with Gasteiger partial charge in [0.1, 0.15) is 6.61 Å². The van der Waals surface area contributed by atoms with E-state index in [-0.39, 0.29) is 24.4 Å². The summed E-state index contributed by atoms with van der Waals surface area (Å²) in [6.45, 7) is 0.255. The Labute approximate surface area is 137 Å². The number of nitrogens with zero attached hydrogens (tertiary/aromatic N) is 2. The number of hydrogen-bond donors (Lipinski definition) is 1. The summed E-state index contributed by atoms with van der Waals surface area (Å²) in [6, 6.07) is 16.1. The number of anilines is 1. The maximum Gasteiger partial charge on any atom is 0.322 e. The second kappa shape index (κ2) is 6.04. The van der Waals surface area contributed by atoms with Crippen LogP contribution in [0.2, 0.25) is 0 Å². The van der Waals surface area contributed by atoms with E-state index in [1.54, 1.807) is 30.3 Å². The van der Waals surface area contributed by atoms with Crippen molar-refractivity contribution in [1.29, 1.82) is 0 Å². The molecule has 2 heterocycles. The molecule has 24 heavy (non-hydrogen) atoms. The van der Waals surface area contributed by atoms with Crippen LogP contribution in [0.5, 0.6) is 11.5 Å². The molecule has 4 rings (SSSR count). The van der Waals surface area contributed by atoms with Gasteiger partial charge in [0.2, 0.25) is 6.10 Å².